The van der Waals surface area contributed by atoms with E-state index in [9.17, 15) is 9.59 Å². The quantitative estimate of drug-likeness (QED) is 0.773. The van der Waals surface area contributed by atoms with E-state index < -0.39 is 0 Å². The molecule has 27 heavy (non-hydrogen) atoms. The average molecular weight is 404 g/mol. The van der Waals surface area contributed by atoms with Crippen molar-refractivity contribution in [3.05, 3.63) is 42.4 Å². The molecule has 3 heterocycles. The van der Waals surface area contributed by atoms with Gasteiger partial charge < -0.3 is 15.1 Å². The maximum Gasteiger partial charge on any atom is 0.272 e. The van der Waals surface area contributed by atoms with E-state index in [-0.39, 0.29) is 11.8 Å². The van der Waals surface area contributed by atoms with Crippen molar-refractivity contribution in [1.29, 1.82) is 0 Å². The van der Waals surface area contributed by atoms with Crippen molar-refractivity contribution in [3.8, 4) is 0 Å². The summed E-state index contributed by atoms with van der Waals surface area (Å²) in [5.41, 5.74) is 1.43. The summed E-state index contributed by atoms with van der Waals surface area (Å²) in [5, 5.41) is 3.88. The summed E-state index contributed by atoms with van der Waals surface area (Å²) in [6.07, 6.45) is 4.85. The summed E-state index contributed by atoms with van der Waals surface area (Å²) in [6, 6.07) is 1.84. The summed E-state index contributed by atoms with van der Waals surface area (Å²) in [4.78, 5) is 37.5. The third-order valence-corrected chi connectivity index (χ3v) is 6.51. The van der Waals surface area contributed by atoms with Crippen molar-refractivity contribution in [2.24, 2.45) is 0 Å². The smallest absolute Gasteiger partial charge is 0.272 e. The lowest BCUT2D eigenvalue weighted by Gasteiger charge is -2.34. The molecule has 1 fully saturated rings. The highest BCUT2D eigenvalue weighted by molar-refractivity contribution is 8.01. The molecule has 1 saturated heterocycles. The lowest BCUT2D eigenvalue weighted by atomic mass is 10.2. The molecule has 1 aliphatic rings. The van der Waals surface area contributed by atoms with Gasteiger partial charge in [-0.25, -0.2) is 4.98 Å². The highest BCUT2D eigenvalue weighted by atomic mass is 32.2. The van der Waals surface area contributed by atoms with Crippen molar-refractivity contribution in [1.82, 2.24) is 19.8 Å². The third-order valence-electron chi connectivity index (χ3n) is 4.23. The molecule has 3 rings (SSSR count). The van der Waals surface area contributed by atoms with Gasteiger partial charge in [0.1, 0.15) is 5.69 Å². The van der Waals surface area contributed by atoms with Crippen LogP contribution in [-0.4, -0.2) is 64.8 Å². The van der Waals surface area contributed by atoms with Crippen LogP contribution in [0.15, 0.2) is 40.2 Å². The highest BCUT2D eigenvalue weighted by Gasteiger charge is 2.25. The Morgan fingerprint density at radius 2 is 1.93 bits per heavy atom. The zero-order valence-corrected chi connectivity index (χ0v) is 16.9. The second-order valence-corrected chi connectivity index (χ2v) is 8.37. The largest absolute Gasteiger partial charge is 0.365 e. The number of carbonyl (C=O) groups is 2. The van der Waals surface area contributed by atoms with Gasteiger partial charge in [-0.15, -0.1) is 0 Å². The number of aryl methyl sites for hydroxylation is 1. The van der Waals surface area contributed by atoms with E-state index in [0.29, 0.717) is 31.9 Å². The molecule has 0 aromatic carbocycles. The van der Waals surface area contributed by atoms with E-state index in [4.69, 9.17) is 0 Å². The normalized spacial score (nSPS) is 14.1. The van der Waals surface area contributed by atoms with Gasteiger partial charge >= 0.3 is 0 Å². The molecular weight excluding hydrogens is 382 g/mol. The van der Waals surface area contributed by atoms with Crippen LogP contribution >= 0.6 is 23.1 Å². The van der Waals surface area contributed by atoms with Crippen molar-refractivity contribution in [2.45, 2.75) is 16.0 Å². The van der Waals surface area contributed by atoms with E-state index >= 15 is 0 Å². The number of aromatic nitrogens is 2. The number of nitrogens with one attached hydrogen (secondary N) is 1. The van der Waals surface area contributed by atoms with Gasteiger partial charge in [-0.05, 0) is 24.6 Å². The van der Waals surface area contributed by atoms with Crippen LogP contribution in [0.5, 0.6) is 0 Å². The first-order chi connectivity index (χ1) is 13.0. The van der Waals surface area contributed by atoms with E-state index in [1.165, 1.54) is 6.08 Å². The van der Waals surface area contributed by atoms with E-state index in [1.54, 1.807) is 39.1 Å². The third kappa shape index (κ3) is 4.48. The Hall–Kier alpha value is -2.39. The van der Waals surface area contributed by atoms with Gasteiger partial charge in [-0.3, -0.25) is 14.6 Å². The van der Waals surface area contributed by atoms with E-state index in [1.807, 2.05) is 26.2 Å². The Labute approximate surface area is 166 Å². The fourth-order valence-electron chi connectivity index (χ4n) is 2.68. The molecule has 0 saturated carbocycles. The molecule has 2 amide bonds. The number of anilines is 1. The second-order valence-electron chi connectivity index (χ2n) is 5.99. The molecule has 0 bridgehead atoms. The minimum Gasteiger partial charge on any atom is -0.365 e. The lowest BCUT2D eigenvalue weighted by Crippen LogP contribution is -2.50. The zero-order valence-electron chi connectivity index (χ0n) is 15.3. The molecule has 0 radical (unpaired) electrons. The first kappa shape index (κ1) is 19.4. The molecule has 2 aromatic heterocycles. The molecule has 0 unspecified atom stereocenters. The molecule has 2 aromatic rings. The molecule has 0 spiro atoms. The van der Waals surface area contributed by atoms with Gasteiger partial charge in [0.15, 0.2) is 5.13 Å². The molecule has 9 heteroatoms. The fourth-order valence-corrected chi connectivity index (χ4v) is 4.57. The van der Waals surface area contributed by atoms with Crippen molar-refractivity contribution in [2.75, 3.05) is 38.5 Å². The highest BCUT2D eigenvalue weighted by Crippen LogP contribution is 2.35. The summed E-state index contributed by atoms with van der Waals surface area (Å²) >= 11 is 3.14. The van der Waals surface area contributed by atoms with Crippen LogP contribution in [0.25, 0.3) is 0 Å². The molecule has 142 valence electrons. The van der Waals surface area contributed by atoms with E-state index in [2.05, 4.69) is 21.9 Å². The molecule has 1 N–H and O–H groups in total. The number of piperazine rings is 1. The lowest BCUT2D eigenvalue weighted by molar-refractivity contribution is -0.127. The van der Waals surface area contributed by atoms with Crippen molar-refractivity contribution in [3.63, 3.8) is 0 Å². The molecule has 7 nitrogen and oxygen atoms in total. The Kier molecular flexibility index (Phi) is 6.12. The Morgan fingerprint density at radius 3 is 2.56 bits per heavy atom. The SMILES string of the molecule is C=CC(=O)N1CCN(C(=O)c2cc(Sc3cnc(NC)s3)c(C)cn2)CC1. The van der Waals surface area contributed by atoms with Crippen LogP contribution in [0, 0.1) is 6.92 Å². The molecule has 0 atom stereocenters. The van der Waals surface area contributed by atoms with Crippen LogP contribution in [0.4, 0.5) is 5.13 Å². The second kappa shape index (κ2) is 8.53. The van der Waals surface area contributed by atoms with Crippen molar-refractivity contribution >= 4 is 40.0 Å². The number of carbonyl (C=O) groups excluding carboxylic acids is 2. The first-order valence-corrected chi connectivity index (χ1v) is 10.1. The number of rotatable bonds is 5. The average Bonchev–Trinajstić information content (AvgIpc) is 3.16. The number of hydrogen-bond acceptors (Lipinski definition) is 7. The Morgan fingerprint density at radius 1 is 1.22 bits per heavy atom. The number of thiazole rings is 1. The predicted octanol–water partition coefficient (Wildman–Crippen LogP) is 2.51. The number of nitrogens with zero attached hydrogens (tertiary/aromatic N) is 4. The van der Waals surface area contributed by atoms with Gasteiger partial charge in [-0.2, -0.15) is 0 Å². The summed E-state index contributed by atoms with van der Waals surface area (Å²) < 4.78 is 1.05. The maximum absolute atomic E-state index is 12.8. The molecular formula is C18H21N5O2S2. The Balaban J connectivity index is 1.70. The monoisotopic (exact) mass is 403 g/mol. The molecule has 0 aliphatic carbocycles. The van der Waals surface area contributed by atoms with E-state index in [0.717, 1.165) is 19.8 Å². The number of hydrogen-bond donors (Lipinski definition) is 1. The Bertz CT molecular complexity index is 859. The minimum atomic E-state index is -0.109. The standard InChI is InChI=1S/C18H21N5O2S2/c1-4-15(24)22-5-7-23(8-6-22)17(25)13-9-14(12(2)10-20-13)26-16-11-21-18(19-3)27-16/h4,9-11H,1,5-8H2,2-3H3,(H,19,21). The maximum atomic E-state index is 12.8. The van der Waals surface area contributed by atoms with Crippen LogP contribution in [0.2, 0.25) is 0 Å². The van der Waals surface area contributed by atoms with Gasteiger partial charge in [0.25, 0.3) is 5.91 Å². The minimum absolute atomic E-state index is 0.0975. The number of amides is 2. The summed E-state index contributed by atoms with van der Waals surface area (Å²) in [5.74, 6) is -0.206. The van der Waals surface area contributed by atoms with Gasteiger partial charge in [0, 0.05) is 44.3 Å². The van der Waals surface area contributed by atoms with Crippen LogP contribution in [0.1, 0.15) is 16.1 Å². The molecule has 1 aliphatic heterocycles. The van der Waals surface area contributed by atoms with Crippen LogP contribution < -0.4 is 5.32 Å². The van der Waals surface area contributed by atoms with Crippen molar-refractivity contribution < 1.29 is 9.59 Å². The zero-order chi connectivity index (χ0) is 19.4. The number of pyridine rings is 1. The summed E-state index contributed by atoms with van der Waals surface area (Å²) in [6.45, 7) is 7.50. The fraction of sp³-hybridized carbons (Fsp3) is 0.333. The van der Waals surface area contributed by atoms with Crippen LogP contribution in [-0.2, 0) is 4.79 Å². The van der Waals surface area contributed by atoms with Gasteiger partial charge in [-0.1, -0.05) is 29.7 Å². The van der Waals surface area contributed by atoms with Gasteiger partial charge in [0.05, 0.1) is 10.4 Å². The van der Waals surface area contributed by atoms with Crippen LogP contribution in [0.3, 0.4) is 0 Å². The van der Waals surface area contributed by atoms with Gasteiger partial charge in [0.2, 0.25) is 5.91 Å². The summed E-state index contributed by atoms with van der Waals surface area (Å²) in [7, 11) is 1.84. The first-order valence-electron chi connectivity index (χ1n) is 8.50. The predicted molar refractivity (Wildman–Crippen MR) is 107 cm³/mol. The topological polar surface area (TPSA) is 78.4 Å².